The van der Waals surface area contributed by atoms with Gasteiger partial charge in [-0.05, 0) is 30.9 Å². The molecule has 1 saturated carbocycles. The summed E-state index contributed by atoms with van der Waals surface area (Å²) >= 11 is 0. The lowest BCUT2D eigenvalue weighted by Crippen LogP contribution is -2.03. The van der Waals surface area contributed by atoms with E-state index in [0.717, 1.165) is 6.29 Å². The molecule has 0 aliphatic heterocycles. The Kier molecular flexibility index (Phi) is 3.52. The van der Waals surface area contributed by atoms with Crippen LogP contribution in [0.5, 0.6) is 17.2 Å². The van der Waals surface area contributed by atoms with E-state index in [1.54, 1.807) is 26.4 Å². The highest BCUT2D eigenvalue weighted by Crippen LogP contribution is 2.40. The molecule has 17 heavy (non-hydrogen) atoms. The van der Waals surface area contributed by atoms with Crippen molar-refractivity contribution in [1.29, 1.82) is 0 Å². The van der Waals surface area contributed by atoms with Crippen LogP contribution >= 0.6 is 0 Å². The molecular formula is C13H16O4. The number of aldehydes is 1. The van der Waals surface area contributed by atoms with E-state index in [1.165, 1.54) is 12.8 Å². The molecule has 0 unspecified atom stereocenters. The Morgan fingerprint density at radius 3 is 2.24 bits per heavy atom. The van der Waals surface area contributed by atoms with Gasteiger partial charge >= 0.3 is 0 Å². The highest BCUT2D eigenvalue weighted by Gasteiger charge is 2.24. The van der Waals surface area contributed by atoms with Gasteiger partial charge in [0.15, 0.2) is 11.5 Å². The standard InChI is InChI=1S/C13H16O4/c1-15-11-5-10(7-14)6-12(16-2)13(11)17-8-9-3-4-9/h5-7,9H,3-4,8H2,1-2H3. The average molecular weight is 236 g/mol. The first kappa shape index (κ1) is 11.8. The van der Waals surface area contributed by atoms with E-state index in [-0.39, 0.29) is 0 Å². The van der Waals surface area contributed by atoms with E-state index >= 15 is 0 Å². The summed E-state index contributed by atoms with van der Waals surface area (Å²) < 4.78 is 16.1. The van der Waals surface area contributed by atoms with Crippen molar-refractivity contribution in [3.05, 3.63) is 17.7 Å². The molecule has 0 bridgehead atoms. The topological polar surface area (TPSA) is 44.8 Å². The van der Waals surface area contributed by atoms with Crippen molar-refractivity contribution < 1.29 is 19.0 Å². The lowest BCUT2D eigenvalue weighted by atomic mass is 10.2. The monoisotopic (exact) mass is 236 g/mol. The van der Waals surface area contributed by atoms with Crippen LogP contribution in [0.25, 0.3) is 0 Å². The van der Waals surface area contributed by atoms with Gasteiger partial charge in [0, 0.05) is 5.56 Å². The zero-order valence-corrected chi connectivity index (χ0v) is 10.1. The van der Waals surface area contributed by atoms with Crippen molar-refractivity contribution in [3.63, 3.8) is 0 Å². The predicted molar refractivity (Wildman–Crippen MR) is 63.2 cm³/mol. The molecule has 0 radical (unpaired) electrons. The summed E-state index contributed by atoms with van der Waals surface area (Å²) in [5.74, 6) is 2.29. The fourth-order valence-corrected chi connectivity index (χ4v) is 1.60. The number of rotatable bonds is 6. The van der Waals surface area contributed by atoms with Crippen LogP contribution in [0, 0.1) is 5.92 Å². The first-order chi connectivity index (χ1) is 8.28. The molecule has 0 heterocycles. The van der Waals surface area contributed by atoms with E-state index in [1.807, 2.05) is 0 Å². The molecule has 1 fully saturated rings. The maximum absolute atomic E-state index is 10.8. The molecule has 0 N–H and O–H groups in total. The normalized spacial score (nSPS) is 14.2. The minimum atomic E-state index is 0.512. The molecule has 4 heteroatoms. The number of hydrogen-bond acceptors (Lipinski definition) is 4. The number of ether oxygens (including phenoxy) is 3. The van der Waals surface area contributed by atoms with Gasteiger partial charge in [-0.1, -0.05) is 0 Å². The van der Waals surface area contributed by atoms with Crippen LogP contribution in [-0.4, -0.2) is 27.1 Å². The van der Waals surface area contributed by atoms with Gasteiger partial charge in [-0.3, -0.25) is 4.79 Å². The maximum Gasteiger partial charge on any atom is 0.203 e. The summed E-state index contributed by atoms with van der Waals surface area (Å²) in [4.78, 5) is 10.8. The van der Waals surface area contributed by atoms with E-state index in [9.17, 15) is 4.79 Å². The van der Waals surface area contributed by atoms with E-state index in [2.05, 4.69) is 0 Å². The van der Waals surface area contributed by atoms with Gasteiger partial charge in [-0.2, -0.15) is 0 Å². The average Bonchev–Trinajstić information content (AvgIpc) is 3.19. The van der Waals surface area contributed by atoms with Gasteiger partial charge in [-0.15, -0.1) is 0 Å². The molecule has 2 rings (SSSR count). The smallest absolute Gasteiger partial charge is 0.203 e. The fourth-order valence-electron chi connectivity index (χ4n) is 1.60. The molecule has 92 valence electrons. The van der Waals surface area contributed by atoms with Crippen LogP contribution in [-0.2, 0) is 0 Å². The summed E-state index contributed by atoms with van der Waals surface area (Å²) in [5, 5.41) is 0. The second-order valence-electron chi connectivity index (χ2n) is 4.13. The van der Waals surface area contributed by atoms with Gasteiger partial charge in [0.25, 0.3) is 0 Å². The third-order valence-corrected chi connectivity index (χ3v) is 2.78. The van der Waals surface area contributed by atoms with Crippen LogP contribution in [0.15, 0.2) is 12.1 Å². The Morgan fingerprint density at radius 2 is 1.82 bits per heavy atom. The van der Waals surface area contributed by atoms with Crippen LogP contribution in [0.2, 0.25) is 0 Å². The Hall–Kier alpha value is -1.71. The molecule has 4 nitrogen and oxygen atoms in total. The number of methoxy groups -OCH3 is 2. The van der Waals surface area contributed by atoms with Crippen molar-refractivity contribution in [1.82, 2.24) is 0 Å². The number of carbonyl (C=O) groups excluding carboxylic acids is 1. The van der Waals surface area contributed by atoms with Crippen molar-refractivity contribution in [2.75, 3.05) is 20.8 Å². The molecular weight excluding hydrogens is 220 g/mol. The van der Waals surface area contributed by atoms with Crippen molar-refractivity contribution >= 4 is 6.29 Å². The Balaban J connectivity index is 2.27. The summed E-state index contributed by atoms with van der Waals surface area (Å²) in [6.45, 7) is 0.674. The second-order valence-corrected chi connectivity index (χ2v) is 4.13. The quantitative estimate of drug-likeness (QED) is 0.711. The predicted octanol–water partition coefficient (Wildman–Crippen LogP) is 2.31. The van der Waals surface area contributed by atoms with Crippen LogP contribution in [0.3, 0.4) is 0 Å². The van der Waals surface area contributed by atoms with E-state index < -0.39 is 0 Å². The van der Waals surface area contributed by atoms with Gasteiger partial charge in [-0.25, -0.2) is 0 Å². The van der Waals surface area contributed by atoms with Gasteiger partial charge in [0.05, 0.1) is 20.8 Å². The zero-order valence-electron chi connectivity index (χ0n) is 10.1. The highest BCUT2D eigenvalue weighted by molar-refractivity contribution is 5.78. The number of carbonyl (C=O) groups is 1. The molecule has 0 spiro atoms. The molecule has 0 saturated heterocycles. The maximum atomic E-state index is 10.8. The highest BCUT2D eigenvalue weighted by atomic mass is 16.5. The molecule has 1 aliphatic rings. The Labute approximate surface area is 100 Å². The van der Waals surface area contributed by atoms with Crippen molar-refractivity contribution in [2.24, 2.45) is 5.92 Å². The zero-order chi connectivity index (χ0) is 12.3. The molecule has 1 aliphatic carbocycles. The molecule has 0 atom stereocenters. The van der Waals surface area contributed by atoms with Crippen LogP contribution in [0.4, 0.5) is 0 Å². The first-order valence-corrected chi connectivity index (χ1v) is 5.62. The number of benzene rings is 1. The summed E-state index contributed by atoms with van der Waals surface area (Å²) in [6, 6.07) is 3.30. The van der Waals surface area contributed by atoms with Crippen molar-refractivity contribution in [3.8, 4) is 17.2 Å². The van der Waals surface area contributed by atoms with Crippen molar-refractivity contribution in [2.45, 2.75) is 12.8 Å². The largest absolute Gasteiger partial charge is 0.493 e. The SMILES string of the molecule is COc1cc(C=O)cc(OC)c1OCC1CC1. The summed E-state index contributed by atoms with van der Waals surface area (Å²) in [5.41, 5.74) is 0.512. The lowest BCUT2D eigenvalue weighted by molar-refractivity contribution is 0.112. The third-order valence-electron chi connectivity index (χ3n) is 2.78. The van der Waals surface area contributed by atoms with E-state index in [4.69, 9.17) is 14.2 Å². The lowest BCUT2D eigenvalue weighted by Gasteiger charge is -2.14. The summed E-state index contributed by atoms with van der Waals surface area (Å²) in [6.07, 6.45) is 3.20. The first-order valence-electron chi connectivity index (χ1n) is 5.62. The summed E-state index contributed by atoms with van der Waals surface area (Å²) in [7, 11) is 3.10. The second kappa shape index (κ2) is 5.08. The minimum absolute atomic E-state index is 0.512. The van der Waals surface area contributed by atoms with Gasteiger partial charge < -0.3 is 14.2 Å². The third kappa shape index (κ3) is 2.70. The Bertz CT molecular complexity index is 385. The molecule has 0 aromatic heterocycles. The Morgan fingerprint density at radius 1 is 1.24 bits per heavy atom. The molecule has 1 aromatic carbocycles. The molecule has 1 aromatic rings. The minimum Gasteiger partial charge on any atom is -0.493 e. The van der Waals surface area contributed by atoms with Crippen LogP contribution < -0.4 is 14.2 Å². The van der Waals surface area contributed by atoms with Gasteiger partial charge in [0.1, 0.15) is 6.29 Å². The van der Waals surface area contributed by atoms with Gasteiger partial charge in [0.2, 0.25) is 5.75 Å². The molecule has 0 amide bonds. The van der Waals surface area contributed by atoms with E-state index in [0.29, 0.717) is 35.3 Å². The van der Waals surface area contributed by atoms with Crippen LogP contribution in [0.1, 0.15) is 23.2 Å². The number of hydrogen-bond donors (Lipinski definition) is 0. The fraction of sp³-hybridized carbons (Fsp3) is 0.462.